The van der Waals surface area contributed by atoms with Crippen LogP contribution in [0.5, 0.6) is 0 Å². The van der Waals surface area contributed by atoms with E-state index in [1.54, 1.807) is 11.9 Å². The van der Waals surface area contributed by atoms with Gasteiger partial charge < -0.3 is 15.0 Å². The molecule has 1 heterocycles. The largest absolute Gasteiger partial charge is 0.378 e. The van der Waals surface area contributed by atoms with Gasteiger partial charge in [0.15, 0.2) is 0 Å². The van der Waals surface area contributed by atoms with Crippen molar-refractivity contribution in [2.45, 2.75) is 19.4 Å². The van der Waals surface area contributed by atoms with Gasteiger partial charge in [-0.25, -0.2) is 0 Å². The zero-order chi connectivity index (χ0) is 11.3. The minimum Gasteiger partial charge on any atom is -0.378 e. The van der Waals surface area contributed by atoms with Gasteiger partial charge in [0.1, 0.15) is 0 Å². The van der Waals surface area contributed by atoms with E-state index in [1.165, 1.54) is 0 Å². The number of morpholine rings is 1. The third-order valence-electron chi connectivity index (χ3n) is 2.35. The van der Waals surface area contributed by atoms with E-state index in [9.17, 15) is 4.79 Å². The quantitative estimate of drug-likeness (QED) is 0.686. The molecule has 4 heteroatoms. The van der Waals surface area contributed by atoms with Crippen molar-refractivity contribution in [1.82, 2.24) is 10.2 Å². The van der Waals surface area contributed by atoms with Crippen LogP contribution in [-0.2, 0) is 9.53 Å². The van der Waals surface area contributed by atoms with Crippen LogP contribution in [0, 0.1) is 0 Å². The van der Waals surface area contributed by atoms with E-state index in [0.717, 1.165) is 18.7 Å². The number of carbonyl (C=O) groups is 1. The number of amides is 1. The predicted molar refractivity (Wildman–Crippen MR) is 59.7 cm³/mol. The van der Waals surface area contributed by atoms with Crippen molar-refractivity contribution in [2.75, 3.05) is 33.4 Å². The van der Waals surface area contributed by atoms with Crippen molar-refractivity contribution in [2.24, 2.45) is 0 Å². The molecule has 1 atom stereocenters. The van der Waals surface area contributed by atoms with Gasteiger partial charge in [-0.15, -0.1) is 0 Å². The second kappa shape index (κ2) is 5.88. The summed E-state index contributed by atoms with van der Waals surface area (Å²) in [5, 5.41) is 3.26. The van der Waals surface area contributed by atoms with Crippen LogP contribution in [0.1, 0.15) is 13.3 Å². The number of nitrogens with zero attached hydrogens (tertiary/aromatic N) is 1. The van der Waals surface area contributed by atoms with E-state index in [4.69, 9.17) is 4.74 Å². The van der Waals surface area contributed by atoms with Crippen molar-refractivity contribution in [3.63, 3.8) is 0 Å². The smallest absolute Gasteiger partial charge is 0.224 e. The number of nitrogens with one attached hydrogen (secondary N) is 1. The van der Waals surface area contributed by atoms with Crippen LogP contribution in [-0.4, -0.2) is 50.2 Å². The number of hydrogen-bond donors (Lipinski definition) is 1. The van der Waals surface area contributed by atoms with Crippen LogP contribution in [0.15, 0.2) is 12.2 Å². The highest BCUT2D eigenvalue weighted by atomic mass is 16.5. The Morgan fingerprint density at radius 3 is 2.93 bits per heavy atom. The monoisotopic (exact) mass is 212 g/mol. The molecular weight excluding hydrogens is 192 g/mol. The first-order chi connectivity index (χ1) is 7.09. The van der Waals surface area contributed by atoms with Crippen LogP contribution < -0.4 is 5.32 Å². The van der Waals surface area contributed by atoms with E-state index in [1.807, 2.05) is 6.92 Å². The van der Waals surface area contributed by atoms with Crippen LogP contribution in [0.25, 0.3) is 0 Å². The molecule has 86 valence electrons. The Bertz CT molecular complexity index is 235. The summed E-state index contributed by atoms with van der Waals surface area (Å²) in [6.07, 6.45) is 0.504. The first-order valence-electron chi connectivity index (χ1n) is 5.29. The average molecular weight is 212 g/mol. The Hall–Kier alpha value is -0.870. The molecule has 0 aromatic rings. The number of carbonyl (C=O) groups excluding carboxylic acids is 1. The lowest BCUT2D eigenvalue weighted by molar-refractivity contribution is -0.130. The SMILES string of the molecule is C=C(C)CN(C)C(=O)CC1COCCN1. The van der Waals surface area contributed by atoms with E-state index < -0.39 is 0 Å². The van der Waals surface area contributed by atoms with Crippen LogP contribution >= 0.6 is 0 Å². The van der Waals surface area contributed by atoms with Gasteiger partial charge in [0.05, 0.1) is 13.2 Å². The summed E-state index contributed by atoms with van der Waals surface area (Å²) in [5.41, 5.74) is 0.999. The summed E-state index contributed by atoms with van der Waals surface area (Å²) in [7, 11) is 1.81. The lowest BCUT2D eigenvalue weighted by atomic mass is 10.2. The summed E-state index contributed by atoms with van der Waals surface area (Å²) in [6, 6.07) is 0.166. The van der Waals surface area contributed by atoms with Gasteiger partial charge in [-0.05, 0) is 6.92 Å². The first kappa shape index (κ1) is 12.2. The standard InChI is InChI=1S/C11H20N2O2/c1-9(2)7-13(3)11(14)6-10-8-15-5-4-12-10/h10,12H,1,4-8H2,2-3H3. The third kappa shape index (κ3) is 4.44. The van der Waals surface area contributed by atoms with E-state index in [2.05, 4.69) is 11.9 Å². The summed E-state index contributed by atoms with van der Waals surface area (Å²) < 4.78 is 5.29. The normalized spacial score (nSPS) is 21.1. The maximum atomic E-state index is 11.7. The molecule has 4 nitrogen and oxygen atoms in total. The minimum absolute atomic E-state index is 0.140. The molecule has 1 aliphatic rings. The Morgan fingerprint density at radius 2 is 2.40 bits per heavy atom. The maximum absolute atomic E-state index is 11.7. The van der Waals surface area contributed by atoms with Gasteiger partial charge in [-0.2, -0.15) is 0 Å². The Balaban J connectivity index is 2.30. The molecular formula is C11H20N2O2. The second-order valence-electron chi connectivity index (χ2n) is 4.14. The molecule has 0 aromatic carbocycles. The van der Waals surface area contributed by atoms with Crippen molar-refractivity contribution in [3.05, 3.63) is 12.2 Å². The maximum Gasteiger partial charge on any atom is 0.224 e. The average Bonchev–Trinajstić information content (AvgIpc) is 2.18. The zero-order valence-electron chi connectivity index (χ0n) is 9.58. The molecule has 1 N–H and O–H groups in total. The molecule has 0 radical (unpaired) electrons. The van der Waals surface area contributed by atoms with Gasteiger partial charge in [0, 0.05) is 32.6 Å². The molecule has 0 saturated carbocycles. The molecule has 0 spiro atoms. The highest BCUT2D eigenvalue weighted by molar-refractivity contribution is 5.76. The van der Waals surface area contributed by atoms with Crippen LogP contribution in [0.3, 0.4) is 0 Å². The fraction of sp³-hybridized carbons (Fsp3) is 0.727. The minimum atomic E-state index is 0.140. The second-order valence-corrected chi connectivity index (χ2v) is 4.14. The fourth-order valence-electron chi connectivity index (χ4n) is 1.61. The van der Waals surface area contributed by atoms with Gasteiger partial charge in [0.25, 0.3) is 0 Å². The van der Waals surface area contributed by atoms with Gasteiger partial charge in [-0.3, -0.25) is 4.79 Å². The molecule has 1 fully saturated rings. The molecule has 1 unspecified atom stereocenters. The van der Waals surface area contributed by atoms with Crippen molar-refractivity contribution in [1.29, 1.82) is 0 Å². The molecule has 1 rings (SSSR count). The number of likely N-dealkylation sites (N-methyl/N-ethyl adjacent to an activating group) is 1. The van der Waals surface area contributed by atoms with E-state index >= 15 is 0 Å². The van der Waals surface area contributed by atoms with E-state index in [-0.39, 0.29) is 11.9 Å². The molecule has 1 saturated heterocycles. The number of rotatable bonds is 4. The Labute approximate surface area is 91.3 Å². The lowest BCUT2D eigenvalue weighted by Gasteiger charge is -2.25. The number of hydrogen-bond acceptors (Lipinski definition) is 3. The van der Waals surface area contributed by atoms with Gasteiger partial charge in [0.2, 0.25) is 5.91 Å². The molecule has 1 aliphatic heterocycles. The highest BCUT2D eigenvalue weighted by Gasteiger charge is 2.18. The fourth-order valence-corrected chi connectivity index (χ4v) is 1.61. The van der Waals surface area contributed by atoms with Gasteiger partial charge in [-0.1, -0.05) is 12.2 Å². The summed E-state index contributed by atoms with van der Waals surface area (Å²) >= 11 is 0. The molecule has 0 bridgehead atoms. The highest BCUT2D eigenvalue weighted by Crippen LogP contribution is 2.03. The number of ether oxygens (including phenoxy) is 1. The Morgan fingerprint density at radius 1 is 1.67 bits per heavy atom. The summed E-state index contributed by atoms with van der Waals surface area (Å²) in [6.45, 7) is 8.55. The predicted octanol–water partition coefficient (Wildman–Crippen LogP) is 0.399. The zero-order valence-corrected chi connectivity index (χ0v) is 9.58. The van der Waals surface area contributed by atoms with Crippen molar-refractivity contribution < 1.29 is 9.53 Å². The third-order valence-corrected chi connectivity index (χ3v) is 2.35. The summed E-state index contributed by atoms with van der Waals surface area (Å²) in [4.78, 5) is 13.4. The van der Waals surface area contributed by atoms with Crippen LogP contribution in [0.4, 0.5) is 0 Å². The first-order valence-corrected chi connectivity index (χ1v) is 5.29. The molecule has 0 aliphatic carbocycles. The summed E-state index contributed by atoms with van der Waals surface area (Å²) in [5.74, 6) is 0.140. The molecule has 0 aromatic heterocycles. The topological polar surface area (TPSA) is 41.6 Å². The molecule has 15 heavy (non-hydrogen) atoms. The van der Waals surface area contributed by atoms with Gasteiger partial charge >= 0.3 is 0 Å². The van der Waals surface area contributed by atoms with Crippen LogP contribution in [0.2, 0.25) is 0 Å². The van der Waals surface area contributed by atoms with E-state index in [0.29, 0.717) is 19.6 Å². The van der Waals surface area contributed by atoms with Crippen molar-refractivity contribution in [3.8, 4) is 0 Å². The molecule has 1 amide bonds. The van der Waals surface area contributed by atoms with Crippen molar-refractivity contribution >= 4 is 5.91 Å². The Kier molecular flexibility index (Phi) is 4.78. The lowest BCUT2D eigenvalue weighted by Crippen LogP contribution is -2.44.